The molecule has 0 aromatic heterocycles. The zero-order valence-corrected chi connectivity index (χ0v) is 12.2. The first kappa shape index (κ1) is 13.0. The molecular formula is C17H19FN2. The van der Waals surface area contributed by atoms with E-state index < -0.39 is 0 Å². The molecule has 2 aromatic rings. The molecule has 3 heteroatoms. The van der Waals surface area contributed by atoms with E-state index in [1.165, 1.54) is 22.9 Å². The van der Waals surface area contributed by atoms with Crippen LogP contribution in [0.25, 0.3) is 0 Å². The van der Waals surface area contributed by atoms with E-state index in [0.29, 0.717) is 6.54 Å². The van der Waals surface area contributed by atoms with Gasteiger partial charge in [-0.15, -0.1) is 0 Å². The van der Waals surface area contributed by atoms with Crippen molar-refractivity contribution < 1.29 is 4.39 Å². The topological polar surface area (TPSA) is 6.48 Å². The molecule has 0 bridgehead atoms. The van der Waals surface area contributed by atoms with Crippen molar-refractivity contribution in [2.24, 2.45) is 0 Å². The Bertz CT molecular complexity index is 594. The first-order valence-corrected chi connectivity index (χ1v) is 6.85. The Labute approximate surface area is 119 Å². The second-order valence-electron chi connectivity index (χ2n) is 5.62. The minimum absolute atomic E-state index is 0.171. The number of halogens is 1. The average molecular weight is 270 g/mol. The Kier molecular flexibility index (Phi) is 3.13. The molecule has 104 valence electrons. The summed E-state index contributed by atoms with van der Waals surface area (Å²) >= 11 is 0. The second-order valence-corrected chi connectivity index (χ2v) is 5.62. The molecular weight excluding hydrogens is 251 g/mol. The Morgan fingerprint density at radius 1 is 0.850 bits per heavy atom. The number of benzene rings is 2. The third-order valence-corrected chi connectivity index (χ3v) is 3.91. The molecule has 0 atom stereocenters. The number of fused-ring (bicyclic) bond motifs is 2. The van der Waals surface area contributed by atoms with Crippen LogP contribution in [0.4, 0.5) is 15.8 Å². The molecule has 0 saturated heterocycles. The van der Waals surface area contributed by atoms with E-state index in [2.05, 4.69) is 49.0 Å². The van der Waals surface area contributed by atoms with Crippen molar-refractivity contribution in [1.82, 2.24) is 0 Å². The van der Waals surface area contributed by atoms with Gasteiger partial charge in [-0.1, -0.05) is 17.7 Å². The van der Waals surface area contributed by atoms with Gasteiger partial charge in [0, 0.05) is 38.6 Å². The van der Waals surface area contributed by atoms with Crippen LogP contribution in [0, 0.1) is 12.7 Å². The first-order valence-electron chi connectivity index (χ1n) is 6.85. The van der Waals surface area contributed by atoms with Crippen molar-refractivity contribution >= 4 is 11.4 Å². The smallest absolute Gasteiger partial charge is 0.123 e. The average Bonchev–Trinajstić information content (AvgIpc) is 2.37. The van der Waals surface area contributed by atoms with Crippen molar-refractivity contribution in [3.8, 4) is 0 Å². The maximum atomic E-state index is 13.5. The van der Waals surface area contributed by atoms with E-state index >= 15 is 0 Å². The highest BCUT2D eigenvalue weighted by atomic mass is 19.1. The fourth-order valence-corrected chi connectivity index (χ4v) is 2.95. The number of nitrogens with zero attached hydrogens (tertiary/aromatic N) is 2. The quantitative estimate of drug-likeness (QED) is 0.720. The molecule has 1 aliphatic heterocycles. The highest BCUT2D eigenvalue weighted by Crippen LogP contribution is 2.31. The summed E-state index contributed by atoms with van der Waals surface area (Å²) in [5.74, 6) is -0.171. The van der Waals surface area contributed by atoms with Crippen molar-refractivity contribution in [2.75, 3.05) is 23.9 Å². The van der Waals surface area contributed by atoms with Crippen LogP contribution in [0.3, 0.4) is 0 Å². The Hall–Kier alpha value is -2.03. The molecule has 0 unspecified atom stereocenters. The summed E-state index contributed by atoms with van der Waals surface area (Å²) in [6.45, 7) is 3.66. The van der Waals surface area contributed by atoms with Crippen LogP contribution < -0.4 is 9.80 Å². The maximum Gasteiger partial charge on any atom is 0.123 e. The third-order valence-electron chi connectivity index (χ3n) is 3.91. The van der Waals surface area contributed by atoms with Crippen molar-refractivity contribution in [3.05, 3.63) is 58.9 Å². The molecule has 0 saturated carbocycles. The van der Waals surface area contributed by atoms with Crippen LogP contribution in [0.2, 0.25) is 0 Å². The third kappa shape index (κ3) is 2.24. The van der Waals surface area contributed by atoms with Gasteiger partial charge >= 0.3 is 0 Å². The normalized spacial score (nSPS) is 14.4. The molecule has 2 aromatic carbocycles. The number of aryl methyl sites for hydroxylation is 1. The molecule has 0 amide bonds. The molecule has 20 heavy (non-hydrogen) atoms. The molecule has 0 radical (unpaired) electrons. The monoisotopic (exact) mass is 270 g/mol. The van der Waals surface area contributed by atoms with Crippen molar-refractivity contribution in [2.45, 2.75) is 20.0 Å². The van der Waals surface area contributed by atoms with Crippen LogP contribution in [-0.2, 0) is 13.1 Å². The van der Waals surface area contributed by atoms with Gasteiger partial charge in [-0.25, -0.2) is 4.39 Å². The summed E-state index contributed by atoms with van der Waals surface area (Å²) in [6, 6.07) is 11.6. The van der Waals surface area contributed by atoms with E-state index in [0.717, 1.165) is 17.8 Å². The van der Waals surface area contributed by atoms with E-state index in [9.17, 15) is 4.39 Å². The molecule has 1 aliphatic rings. The molecule has 1 heterocycles. The molecule has 0 N–H and O–H groups in total. The van der Waals surface area contributed by atoms with Crippen LogP contribution in [-0.4, -0.2) is 14.1 Å². The van der Waals surface area contributed by atoms with E-state index in [4.69, 9.17) is 0 Å². The van der Waals surface area contributed by atoms with Gasteiger partial charge in [0.25, 0.3) is 0 Å². The fraction of sp³-hybridized carbons (Fsp3) is 0.294. The Balaban J connectivity index is 2.10. The Morgan fingerprint density at radius 3 is 2.05 bits per heavy atom. The summed E-state index contributed by atoms with van der Waals surface area (Å²) < 4.78 is 13.5. The Morgan fingerprint density at radius 2 is 1.40 bits per heavy atom. The van der Waals surface area contributed by atoms with Crippen LogP contribution in [0.15, 0.2) is 36.4 Å². The first-order chi connectivity index (χ1) is 9.54. The number of hydrogen-bond acceptors (Lipinski definition) is 2. The van der Waals surface area contributed by atoms with Gasteiger partial charge in [0.1, 0.15) is 5.82 Å². The fourth-order valence-electron chi connectivity index (χ4n) is 2.95. The predicted octanol–water partition coefficient (Wildman–Crippen LogP) is 3.72. The molecule has 0 aliphatic carbocycles. The summed E-state index contributed by atoms with van der Waals surface area (Å²) in [5, 5.41) is 0. The molecule has 3 rings (SSSR count). The summed E-state index contributed by atoms with van der Waals surface area (Å²) in [7, 11) is 4.13. The van der Waals surface area contributed by atoms with E-state index in [1.54, 1.807) is 6.07 Å². The van der Waals surface area contributed by atoms with E-state index in [1.807, 2.05) is 6.07 Å². The predicted molar refractivity (Wildman–Crippen MR) is 81.8 cm³/mol. The minimum Gasteiger partial charge on any atom is -0.370 e. The standard InChI is InChI=1S/C17H19FN2/c1-12-4-6-16-13(8-12)10-19(2)17-7-5-15(18)9-14(17)11-20(16)3/h4-9H,10-11H2,1-3H3. The van der Waals surface area contributed by atoms with Gasteiger partial charge < -0.3 is 9.80 Å². The highest BCUT2D eigenvalue weighted by molar-refractivity contribution is 5.62. The van der Waals surface area contributed by atoms with Gasteiger partial charge in [0.2, 0.25) is 0 Å². The van der Waals surface area contributed by atoms with Crippen molar-refractivity contribution in [1.29, 1.82) is 0 Å². The molecule has 0 spiro atoms. The SMILES string of the molecule is Cc1ccc2c(c1)CN(C)c1ccc(F)cc1CN2C. The maximum absolute atomic E-state index is 13.5. The zero-order chi connectivity index (χ0) is 14.3. The lowest BCUT2D eigenvalue weighted by atomic mass is 10.0. The lowest BCUT2D eigenvalue weighted by molar-refractivity contribution is 0.624. The highest BCUT2D eigenvalue weighted by Gasteiger charge is 2.18. The van der Waals surface area contributed by atoms with Crippen molar-refractivity contribution in [3.63, 3.8) is 0 Å². The van der Waals surface area contributed by atoms with Gasteiger partial charge in [0.15, 0.2) is 0 Å². The zero-order valence-electron chi connectivity index (χ0n) is 12.2. The van der Waals surface area contributed by atoms with E-state index in [-0.39, 0.29) is 5.82 Å². The lowest BCUT2D eigenvalue weighted by Crippen LogP contribution is -2.27. The number of rotatable bonds is 0. The van der Waals surface area contributed by atoms with Crippen LogP contribution in [0.1, 0.15) is 16.7 Å². The van der Waals surface area contributed by atoms with Crippen LogP contribution >= 0.6 is 0 Å². The van der Waals surface area contributed by atoms with Gasteiger partial charge in [-0.2, -0.15) is 0 Å². The van der Waals surface area contributed by atoms with Gasteiger partial charge in [0.05, 0.1) is 0 Å². The minimum atomic E-state index is -0.171. The van der Waals surface area contributed by atoms with Crippen LogP contribution in [0.5, 0.6) is 0 Å². The van der Waals surface area contributed by atoms with Gasteiger partial charge in [-0.05, 0) is 42.3 Å². The largest absolute Gasteiger partial charge is 0.370 e. The molecule has 2 nitrogen and oxygen atoms in total. The summed E-state index contributed by atoms with van der Waals surface area (Å²) in [6.07, 6.45) is 0. The second kappa shape index (κ2) is 4.82. The summed E-state index contributed by atoms with van der Waals surface area (Å²) in [5.41, 5.74) is 5.93. The number of anilines is 2. The van der Waals surface area contributed by atoms with Gasteiger partial charge in [-0.3, -0.25) is 0 Å². The number of hydrogen-bond donors (Lipinski definition) is 0. The molecule has 0 fully saturated rings. The summed E-state index contributed by atoms with van der Waals surface area (Å²) in [4.78, 5) is 4.39. The lowest BCUT2D eigenvalue weighted by Gasteiger charge is -2.32.